The molecule has 17 heavy (non-hydrogen) atoms. The van der Waals surface area contributed by atoms with E-state index in [1.54, 1.807) is 13.8 Å². The molecule has 0 aromatic heterocycles. The molecule has 0 bridgehead atoms. The molecule has 0 saturated heterocycles. The van der Waals surface area contributed by atoms with Crippen molar-refractivity contribution in [1.82, 2.24) is 5.43 Å². The van der Waals surface area contributed by atoms with Gasteiger partial charge in [0.1, 0.15) is 11.5 Å². The smallest absolute Gasteiger partial charge is 0.427 e. The Balaban J connectivity index is 2.81. The number of rotatable bonds is 3. The van der Waals surface area contributed by atoms with E-state index in [1.807, 2.05) is 0 Å². The van der Waals surface area contributed by atoms with Crippen molar-refractivity contribution in [3.8, 4) is 11.5 Å². The van der Waals surface area contributed by atoms with Crippen molar-refractivity contribution in [2.24, 2.45) is 5.10 Å². The normalized spacial score (nSPS) is 11.1. The van der Waals surface area contributed by atoms with Crippen LogP contribution in [0.4, 0.5) is 4.79 Å². The third-order valence-electron chi connectivity index (χ3n) is 1.96. The first-order valence-electron chi connectivity index (χ1n) is 5.04. The Kier molecular flexibility index (Phi) is 4.33. The highest BCUT2D eigenvalue weighted by molar-refractivity contribution is 6.01. The number of phenolic OH excluding ortho intramolecular Hbond substituents is 2. The number of ether oxygens (including phenoxy) is 1. The van der Waals surface area contributed by atoms with Gasteiger partial charge in [-0.05, 0) is 32.0 Å². The van der Waals surface area contributed by atoms with Crippen molar-refractivity contribution in [2.75, 3.05) is 6.61 Å². The van der Waals surface area contributed by atoms with E-state index in [9.17, 15) is 15.0 Å². The Morgan fingerprint density at radius 1 is 1.47 bits per heavy atom. The van der Waals surface area contributed by atoms with Crippen LogP contribution in [-0.4, -0.2) is 28.6 Å². The summed E-state index contributed by atoms with van der Waals surface area (Å²) in [5.41, 5.74) is 2.85. The minimum absolute atomic E-state index is 0.00323. The number of aromatic hydroxyl groups is 2. The van der Waals surface area contributed by atoms with Crippen LogP contribution in [0.5, 0.6) is 11.5 Å². The van der Waals surface area contributed by atoms with Crippen LogP contribution in [-0.2, 0) is 4.74 Å². The zero-order valence-electron chi connectivity index (χ0n) is 9.60. The highest BCUT2D eigenvalue weighted by atomic mass is 16.5. The molecule has 1 amide bonds. The highest BCUT2D eigenvalue weighted by Crippen LogP contribution is 2.22. The second kappa shape index (κ2) is 5.74. The van der Waals surface area contributed by atoms with E-state index in [2.05, 4.69) is 15.3 Å². The molecule has 6 nitrogen and oxygen atoms in total. The summed E-state index contributed by atoms with van der Waals surface area (Å²) in [6.45, 7) is 3.51. The van der Waals surface area contributed by atoms with Crippen LogP contribution < -0.4 is 5.43 Å². The second-order valence-electron chi connectivity index (χ2n) is 3.23. The summed E-state index contributed by atoms with van der Waals surface area (Å²) in [5, 5.41) is 22.5. The van der Waals surface area contributed by atoms with Gasteiger partial charge in [-0.3, -0.25) is 0 Å². The van der Waals surface area contributed by atoms with Crippen LogP contribution in [0.2, 0.25) is 0 Å². The lowest BCUT2D eigenvalue weighted by Crippen LogP contribution is -2.20. The minimum Gasteiger partial charge on any atom is -0.508 e. The van der Waals surface area contributed by atoms with Gasteiger partial charge in [-0.25, -0.2) is 10.2 Å². The Morgan fingerprint density at radius 3 is 2.82 bits per heavy atom. The number of carbonyl (C=O) groups is 1. The Bertz CT molecular complexity index is 443. The van der Waals surface area contributed by atoms with Gasteiger partial charge in [-0.1, -0.05) is 0 Å². The van der Waals surface area contributed by atoms with Crippen molar-refractivity contribution in [1.29, 1.82) is 0 Å². The van der Waals surface area contributed by atoms with Gasteiger partial charge in [0.25, 0.3) is 0 Å². The van der Waals surface area contributed by atoms with Crippen LogP contribution in [0.25, 0.3) is 0 Å². The summed E-state index contributed by atoms with van der Waals surface area (Å²) < 4.78 is 4.61. The molecule has 3 N–H and O–H groups in total. The number of nitrogens with zero attached hydrogens (tertiary/aromatic N) is 1. The predicted molar refractivity (Wildman–Crippen MR) is 62.1 cm³/mol. The molecule has 1 rings (SSSR count). The van der Waals surface area contributed by atoms with Crippen molar-refractivity contribution >= 4 is 11.8 Å². The van der Waals surface area contributed by atoms with Crippen molar-refractivity contribution in [2.45, 2.75) is 13.8 Å². The molecule has 0 fully saturated rings. The monoisotopic (exact) mass is 238 g/mol. The van der Waals surface area contributed by atoms with E-state index in [-0.39, 0.29) is 18.1 Å². The Hall–Kier alpha value is -2.24. The van der Waals surface area contributed by atoms with Crippen LogP contribution in [0, 0.1) is 0 Å². The van der Waals surface area contributed by atoms with E-state index in [0.717, 1.165) is 0 Å². The van der Waals surface area contributed by atoms with E-state index < -0.39 is 6.09 Å². The molecule has 6 heteroatoms. The predicted octanol–water partition coefficient (Wildman–Crippen LogP) is 1.57. The van der Waals surface area contributed by atoms with Crippen LogP contribution in [0.15, 0.2) is 23.3 Å². The largest absolute Gasteiger partial charge is 0.508 e. The molecule has 0 saturated carbocycles. The fraction of sp³-hybridized carbons (Fsp3) is 0.273. The molecular formula is C11H14N2O4. The molecule has 1 aromatic carbocycles. The number of hydrazone groups is 1. The molecule has 0 aliphatic heterocycles. The fourth-order valence-electron chi connectivity index (χ4n) is 1.17. The number of hydrogen-bond acceptors (Lipinski definition) is 5. The first-order chi connectivity index (χ1) is 8.04. The molecule has 1 aromatic rings. The van der Waals surface area contributed by atoms with Gasteiger partial charge in [-0.15, -0.1) is 0 Å². The number of nitrogens with one attached hydrogen (secondary N) is 1. The van der Waals surface area contributed by atoms with E-state index in [4.69, 9.17) is 0 Å². The minimum atomic E-state index is -0.675. The maximum Gasteiger partial charge on any atom is 0.427 e. The molecule has 92 valence electrons. The molecule has 0 atom stereocenters. The van der Waals surface area contributed by atoms with Gasteiger partial charge in [-0.2, -0.15) is 5.10 Å². The summed E-state index contributed by atoms with van der Waals surface area (Å²) in [4.78, 5) is 11.0. The van der Waals surface area contributed by atoms with Crippen LogP contribution >= 0.6 is 0 Å². The lowest BCUT2D eigenvalue weighted by molar-refractivity contribution is 0.152. The first kappa shape index (κ1) is 12.8. The third-order valence-corrected chi connectivity index (χ3v) is 1.96. The van der Waals surface area contributed by atoms with Crippen molar-refractivity contribution < 1.29 is 19.7 Å². The van der Waals surface area contributed by atoms with Crippen molar-refractivity contribution in [3.63, 3.8) is 0 Å². The number of benzene rings is 1. The van der Waals surface area contributed by atoms with E-state index >= 15 is 0 Å². The zero-order chi connectivity index (χ0) is 12.8. The lowest BCUT2D eigenvalue weighted by Gasteiger charge is -2.05. The summed E-state index contributed by atoms with van der Waals surface area (Å²) in [5.74, 6) is -0.0295. The molecular weight excluding hydrogens is 224 g/mol. The fourth-order valence-corrected chi connectivity index (χ4v) is 1.17. The quantitative estimate of drug-likeness (QED) is 0.423. The van der Waals surface area contributed by atoms with E-state index in [1.165, 1.54) is 18.2 Å². The number of hydrogen-bond donors (Lipinski definition) is 3. The standard InChI is InChI=1S/C11H14N2O4/c1-3-17-11(16)13-12-7(2)9-6-8(14)4-5-10(9)15/h4-6,14-15H,3H2,1-2H3,(H,13,16)/b12-7-. The Labute approximate surface area is 98.5 Å². The van der Waals surface area contributed by atoms with Gasteiger partial charge in [0, 0.05) is 5.56 Å². The summed E-state index contributed by atoms with van der Waals surface area (Å²) in [6, 6.07) is 4.04. The van der Waals surface area contributed by atoms with E-state index in [0.29, 0.717) is 11.3 Å². The van der Waals surface area contributed by atoms with Gasteiger partial charge in [0.15, 0.2) is 0 Å². The first-order valence-corrected chi connectivity index (χ1v) is 5.04. The van der Waals surface area contributed by atoms with Gasteiger partial charge in [0.05, 0.1) is 12.3 Å². The van der Waals surface area contributed by atoms with Gasteiger partial charge < -0.3 is 14.9 Å². The van der Waals surface area contributed by atoms with Gasteiger partial charge in [0.2, 0.25) is 0 Å². The van der Waals surface area contributed by atoms with Crippen LogP contribution in [0.3, 0.4) is 0 Å². The zero-order valence-corrected chi connectivity index (χ0v) is 9.60. The summed E-state index contributed by atoms with van der Waals surface area (Å²) in [7, 11) is 0. The topological polar surface area (TPSA) is 91.2 Å². The molecule has 0 heterocycles. The lowest BCUT2D eigenvalue weighted by atomic mass is 10.1. The SMILES string of the molecule is CCOC(=O)N/N=C(/C)c1cc(O)ccc1O. The maximum atomic E-state index is 11.0. The second-order valence-corrected chi connectivity index (χ2v) is 3.23. The Morgan fingerprint density at radius 2 is 2.18 bits per heavy atom. The number of amides is 1. The van der Waals surface area contributed by atoms with Crippen LogP contribution in [0.1, 0.15) is 19.4 Å². The third kappa shape index (κ3) is 3.67. The summed E-state index contributed by atoms with van der Waals surface area (Å²) >= 11 is 0. The molecule has 0 aliphatic rings. The maximum absolute atomic E-state index is 11.0. The summed E-state index contributed by atoms with van der Waals surface area (Å²) in [6.07, 6.45) is -0.675. The van der Waals surface area contributed by atoms with Crippen molar-refractivity contribution in [3.05, 3.63) is 23.8 Å². The number of carbonyl (C=O) groups excluding carboxylic acids is 1. The molecule has 0 aliphatic carbocycles. The molecule has 0 unspecified atom stereocenters. The average Bonchev–Trinajstić information content (AvgIpc) is 2.29. The average molecular weight is 238 g/mol. The molecule has 0 spiro atoms. The highest BCUT2D eigenvalue weighted by Gasteiger charge is 2.06. The number of phenols is 2. The molecule has 0 radical (unpaired) electrons. The van der Waals surface area contributed by atoms with Gasteiger partial charge >= 0.3 is 6.09 Å².